The number of halogens is 1. The van der Waals surface area contributed by atoms with E-state index in [1.54, 1.807) is 24.4 Å². The Morgan fingerprint density at radius 2 is 2.15 bits per heavy atom. The van der Waals surface area contributed by atoms with Crippen LogP contribution in [0.25, 0.3) is 11.0 Å². The van der Waals surface area contributed by atoms with Crippen LogP contribution in [0.2, 0.25) is 0 Å². The van der Waals surface area contributed by atoms with Crippen LogP contribution in [-0.2, 0) is 4.74 Å². The Labute approximate surface area is 155 Å². The highest BCUT2D eigenvalue weighted by Gasteiger charge is 2.29. The lowest BCUT2D eigenvalue weighted by atomic mass is 10.1. The summed E-state index contributed by atoms with van der Waals surface area (Å²) in [7, 11) is 0. The maximum atomic E-state index is 13.4. The summed E-state index contributed by atoms with van der Waals surface area (Å²) in [6, 6.07) is 12.8. The maximum Gasteiger partial charge on any atom is 0.270 e. The maximum absolute atomic E-state index is 13.4. The van der Waals surface area contributed by atoms with E-state index in [2.05, 4.69) is 15.3 Å². The van der Waals surface area contributed by atoms with Gasteiger partial charge in [0.15, 0.2) is 5.65 Å². The zero-order chi connectivity index (χ0) is 18.6. The first-order valence-electron chi connectivity index (χ1n) is 8.72. The Bertz CT molecular complexity index is 966. The van der Waals surface area contributed by atoms with Crippen molar-refractivity contribution in [2.75, 3.05) is 13.2 Å². The fourth-order valence-electron chi connectivity index (χ4n) is 3.03. The number of ether oxygens (including phenoxy) is 2. The average Bonchev–Trinajstić information content (AvgIpc) is 2.69. The van der Waals surface area contributed by atoms with Crippen molar-refractivity contribution in [3.05, 3.63) is 66.2 Å². The molecule has 0 radical (unpaired) electrons. The van der Waals surface area contributed by atoms with Crippen LogP contribution in [-0.4, -0.2) is 41.2 Å². The first kappa shape index (κ1) is 17.4. The van der Waals surface area contributed by atoms with E-state index in [-0.39, 0.29) is 29.6 Å². The van der Waals surface area contributed by atoms with Gasteiger partial charge in [0, 0.05) is 24.1 Å². The van der Waals surface area contributed by atoms with Crippen LogP contribution in [0.5, 0.6) is 5.75 Å². The molecule has 0 saturated carbocycles. The fraction of sp³-hybridized carbons (Fsp3) is 0.250. The quantitative estimate of drug-likeness (QED) is 0.768. The van der Waals surface area contributed by atoms with Gasteiger partial charge in [-0.05, 0) is 36.4 Å². The van der Waals surface area contributed by atoms with Crippen molar-refractivity contribution in [2.24, 2.45) is 0 Å². The van der Waals surface area contributed by atoms with Gasteiger partial charge in [-0.15, -0.1) is 0 Å². The van der Waals surface area contributed by atoms with Crippen molar-refractivity contribution in [3.8, 4) is 5.75 Å². The molecule has 0 spiro atoms. The number of hydrogen-bond donors (Lipinski definition) is 1. The first-order valence-corrected chi connectivity index (χ1v) is 8.72. The minimum atomic E-state index is -0.368. The van der Waals surface area contributed by atoms with E-state index in [0.717, 1.165) is 5.39 Å². The van der Waals surface area contributed by atoms with Gasteiger partial charge < -0.3 is 14.8 Å². The monoisotopic (exact) mass is 367 g/mol. The van der Waals surface area contributed by atoms with Crippen molar-refractivity contribution in [2.45, 2.75) is 18.6 Å². The smallest absolute Gasteiger partial charge is 0.270 e. The molecule has 1 aliphatic rings. The molecule has 1 aromatic carbocycles. The van der Waals surface area contributed by atoms with Crippen LogP contribution in [0, 0.1) is 5.82 Å². The number of nitrogens with zero attached hydrogens (tertiary/aromatic N) is 2. The molecule has 27 heavy (non-hydrogen) atoms. The highest BCUT2D eigenvalue weighted by Crippen LogP contribution is 2.19. The van der Waals surface area contributed by atoms with Gasteiger partial charge >= 0.3 is 0 Å². The standard InChI is InChI=1S/C20H18FN3O3/c21-14-4-1-5-15(11-14)27-18-8-10-26-12-17(18)24-20(25)16-7-6-13-3-2-9-22-19(13)23-16/h1-7,9,11,17-18H,8,10,12H2,(H,24,25)/t17-,18+/m1/s1. The Balaban J connectivity index is 1.49. The molecule has 4 rings (SSSR count). The third-order valence-electron chi connectivity index (χ3n) is 4.39. The lowest BCUT2D eigenvalue weighted by Gasteiger charge is -2.32. The van der Waals surface area contributed by atoms with E-state index >= 15 is 0 Å². The van der Waals surface area contributed by atoms with E-state index in [1.165, 1.54) is 12.1 Å². The molecule has 3 aromatic rings. The summed E-state index contributed by atoms with van der Waals surface area (Å²) < 4.78 is 24.8. The summed E-state index contributed by atoms with van der Waals surface area (Å²) in [6.45, 7) is 0.835. The number of fused-ring (bicyclic) bond motifs is 1. The number of carbonyl (C=O) groups excluding carboxylic acids is 1. The molecule has 7 heteroatoms. The molecule has 1 aliphatic heterocycles. The first-order chi connectivity index (χ1) is 13.2. The van der Waals surface area contributed by atoms with Gasteiger partial charge in [-0.1, -0.05) is 6.07 Å². The number of hydrogen-bond acceptors (Lipinski definition) is 5. The topological polar surface area (TPSA) is 73.3 Å². The SMILES string of the molecule is O=C(N[C@@H]1COCC[C@@H]1Oc1cccc(F)c1)c1ccc2cccnc2n1. The summed E-state index contributed by atoms with van der Waals surface area (Å²) in [5, 5.41) is 3.78. The Hall–Kier alpha value is -3.06. The van der Waals surface area contributed by atoms with Crippen molar-refractivity contribution < 1.29 is 18.7 Å². The van der Waals surface area contributed by atoms with E-state index in [0.29, 0.717) is 31.0 Å². The number of nitrogens with one attached hydrogen (secondary N) is 1. The fourth-order valence-corrected chi connectivity index (χ4v) is 3.03. The second-order valence-electron chi connectivity index (χ2n) is 6.30. The summed E-state index contributed by atoms with van der Waals surface area (Å²) in [6.07, 6.45) is 1.91. The second kappa shape index (κ2) is 7.67. The van der Waals surface area contributed by atoms with Crippen LogP contribution in [0.3, 0.4) is 0 Å². The summed E-state index contributed by atoms with van der Waals surface area (Å²) in [5.74, 6) is -0.270. The van der Waals surface area contributed by atoms with Crippen LogP contribution in [0.15, 0.2) is 54.7 Å². The van der Waals surface area contributed by atoms with Crippen LogP contribution in [0.4, 0.5) is 4.39 Å². The normalized spacial score (nSPS) is 19.6. The molecular formula is C20H18FN3O3. The van der Waals surface area contributed by atoms with Crippen LogP contribution >= 0.6 is 0 Å². The molecule has 6 nitrogen and oxygen atoms in total. The second-order valence-corrected chi connectivity index (χ2v) is 6.30. The minimum absolute atomic E-state index is 0.274. The molecule has 1 fully saturated rings. The average molecular weight is 367 g/mol. The van der Waals surface area contributed by atoms with E-state index in [1.807, 2.05) is 18.2 Å². The Kier molecular flexibility index (Phi) is 4.93. The molecular weight excluding hydrogens is 349 g/mol. The van der Waals surface area contributed by atoms with E-state index < -0.39 is 0 Å². The largest absolute Gasteiger partial charge is 0.488 e. The molecule has 0 unspecified atom stereocenters. The summed E-state index contributed by atoms with van der Waals surface area (Å²) >= 11 is 0. The van der Waals surface area contributed by atoms with Gasteiger partial charge in [-0.3, -0.25) is 4.79 Å². The lowest BCUT2D eigenvalue weighted by Crippen LogP contribution is -2.52. The highest BCUT2D eigenvalue weighted by atomic mass is 19.1. The molecule has 3 heterocycles. The Morgan fingerprint density at radius 3 is 3.04 bits per heavy atom. The number of amides is 1. The van der Waals surface area contributed by atoms with Crippen LogP contribution < -0.4 is 10.1 Å². The molecule has 1 N–H and O–H groups in total. The van der Waals surface area contributed by atoms with E-state index in [4.69, 9.17) is 9.47 Å². The number of pyridine rings is 2. The molecule has 0 bridgehead atoms. The van der Waals surface area contributed by atoms with Gasteiger partial charge in [-0.2, -0.15) is 0 Å². The van der Waals surface area contributed by atoms with Crippen LogP contribution in [0.1, 0.15) is 16.9 Å². The lowest BCUT2D eigenvalue weighted by molar-refractivity contribution is -0.00303. The van der Waals surface area contributed by atoms with Gasteiger partial charge in [0.05, 0.1) is 19.3 Å². The third kappa shape index (κ3) is 4.03. The zero-order valence-corrected chi connectivity index (χ0v) is 14.5. The number of benzene rings is 1. The number of aromatic nitrogens is 2. The summed E-state index contributed by atoms with van der Waals surface area (Å²) in [4.78, 5) is 21.1. The third-order valence-corrected chi connectivity index (χ3v) is 4.39. The molecule has 0 aliphatic carbocycles. The molecule has 1 saturated heterocycles. The molecule has 1 amide bonds. The van der Waals surface area contributed by atoms with Crippen molar-refractivity contribution in [3.63, 3.8) is 0 Å². The molecule has 2 atom stereocenters. The van der Waals surface area contributed by atoms with Crippen molar-refractivity contribution in [1.82, 2.24) is 15.3 Å². The molecule has 138 valence electrons. The summed E-state index contributed by atoms with van der Waals surface area (Å²) in [5.41, 5.74) is 0.786. The number of carbonyl (C=O) groups is 1. The van der Waals surface area contributed by atoms with Crippen molar-refractivity contribution in [1.29, 1.82) is 0 Å². The zero-order valence-electron chi connectivity index (χ0n) is 14.5. The van der Waals surface area contributed by atoms with E-state index in [9.17, 15) is 9.18 Å². The predicted molar refractivity (Wildman–Crippen MR) is 97.0 cm³/mol. The van der Waals surface area contributed by atoms with Gasteiger partial charge in [-0.25, -0.2) is 14.4 Å². The highest BCUT2D eigenvalue weighted by molar-refractivity contribution is 5.94. The van der Waals surface area contributed by atoms with Crippen molar-refractivity contribution >= 4 is 16.9 Å². The minimum Gasteiger partial charge on any atom is -0.488 e. The number of rotatable bonds is 4. The Morgan fingerprint density at radius 1 is 1.22 bits per heavy atom. The van der Waals surface area contributed by atoms with Gasteiger partial charge in [0.25, 0.3) is 5.91 Å². The predicted octanol–water partition coefficient (Wildman–Crippen LogP) is 2.74. The van der Waals surface area contributed by atoms with Gasteiger partial charge in [0.2, 0.25) is 0 Å². The van der Waals surface area contributed by atoms with Gasteiger partial charge in [0.1, 0.15) is 23.4 Å². The molecule has 2 aromatic heterocycles.